The normalized spacial score (nSPS) is 12.4. The number of amides is 1. The van der Waals surface area contributed by atoms with Crippen LogP contribution in [0.5, 0.6) is 5.75 Å². The number of hydrazone groups is 1. The number of hydrogen-bond acceptors (Lipinski definition) is 4. The lowest BCUT2D eigenvalue weighted by Gasteiger charge is -2.17. The van der Waals surface area contributed by atoms with E-state index in [1.807, 2.05) is 69.3 Å². The number of methoxy groups -OCH3 is 1. The predicted molar refractivity (Wildman–Crippen MR) is 102 cm³/mol. The number of nitrogens with one attached hydrogen (secondary N) is 2. The Morgan fingerprint density at radius 2 is 1.76 bits per heavy atom. The van der Waals surface area contributed by atoms with Crippen LogP contribution < -0.4 is 15.5 Å². The number of ether oxygens (including phenoxy) is 1. The molecule has 0 bridgehead atoms. The summed E-state index contributed by atoms with van der Waals surface area (Å²) in [5.41, 5.74) is 6.46. The van der Waals surface area contributed by atoms with Crippen molar-refractivity contribution in [2.45, 2.75) is 33.2 Å². The van der Waals surface area contributed by atoms with Gasteiger partial charge in [-0.2, -0.15) is 5.10 Å². The summed E-state index contributed by atoms with van der Waals surface area (Å²) in [6.07, 6.45) is 0.650. The highest BCUT2D eigenvalue weighted by molar-refractivity contribution is 5.99. The highest BCUT2D eigenvalue weighted by Gasteiger charge is 2.15. The lowest BCUT2D eigenvalue weighted by atomic mass is 10.1. The van der Waals surface area contributed by atoms with Gasteiger partial charge in [-0.15, -0.1) is 0 Å². The van der Waals surface area contributed by atoms with Crippen LogP contribution in [0, 0.1) is 6.92 Å². The van der Waals surface area contributed by atoms with Crippen LogP contribution in [-0.4, -0.2) is 24.8 Å². The monoisotopic (exact) mass is 339 g/mol. The Kier molecular flexibility index (Phi) is 6.57. The van der Waals surface area contributed by atoms with E-state index in [1.165, 1.54) is 5.56 Å². The van der Waals surface area contributed by atoms with E-state index in [0.29, 0.717) is 6.42 Å². The molecule has 0 saturated carbocycles. The maximum absolute atomic E-state index is 12.4. The fourth-order valence-electron chi connectivity index (χ4n) is 2.32. The molecule has 0 saturated heterocycles. The quantitative estimate of drug-likeness (QED) is 0.597. The van der Waals surface area contributed by atoms with Gasteiger partial charge in [0.15, 0.2) is 0 Å². The first-order chi connectivity index (χ1) is 12.0. The summed E-state index contributed by atoms with van der Waals surface area (Å²) < 4.78 is 5.14. The summed E-state index contributed by atoms with van der Waals surface area (Å²) in [5.74, 6) is 0.617. The van der Waals surface area contributed by atoms with Crippen molar-refractivity contribution in [2.24, 2.45) is 5.10 Å². The second-order valence-electron chi connectivity index (χ2n) is 5.87. The molecule has 2 aromatic carbocycles. The molecule has 0 aliphatic rings. The number of aryl methyl sites for hydroxylation is 1. The first kappa shape index (κ1) is 18.5. The molecule has 132 valence electrons. The van der Waals surface area contributed by atoms with Crippen molar-refractivity contribution in [3.63, 3.8) is 0 Å². The average Bonchev–Trinajstić information content (AvgIpc) is 2.65. The molecule has 5 nitrogen and oxygen atoms in total. The van der Waals surface area contributed by atoms with Gasteiger partial charge >= 0.3 is 0 Å². The topological polar surface area (TPSA) is 62.7 Å². The van der Waals surface area contributed by atoms with Crippen LogP contribution in [0.2, 0.25) is 0 Å². The number of nitrogens with zero attached hydrogens (tertiary/aromatic N) is 1. The summed E-state index contributed by atoms with van der Waals surface area (Å²) in [5, 5.41) is 7.43. The third-order valence-corrected chi connectivity index (χ3v) is 3.96. The van der Waals surface area contributed by atoms with Crippen molar-refractivity contribution in [3.05, 3.63) is 59.7 Å². The second kappa shape index (κ2) is 8.87. The molecule has 0 spiro atoms. The summed E-state index contributed by atoms with van der Waals surface area (Å²) >= 11 is 0. The average molecular weight is 339 g/mol. The summed E-state index contributed by atoms with van der Waals surface area (Å²) in [6, 6.07) is 15.2. The Morgan fingerprint density at radius 1 is 1.12 bits per heavy atom. The Labute approximate surface area is 149 Å². The number of rotatable bonds is 7. The largest absolute Gasteiger partial charge is 0.497 e. The van der Waals surface area contributed by atoms with Crippen molar-refractivity contribution >= 4 is 17.3 Å². The van der Waals surface area contributed by atoms with Gasteiger partial charge in [-0.3, -0.25) is 4.79 Å². The minimum atomic E-state index is -0.358. The Balaban J connectivity index is 1.98. The molecule has 5 heteroatoms. The molecule has 1 amide bonds. The van der Waals surface area contributed by atoms with Crippen molar-refractivity contribution in [2.75, 3.05) is 12.4 Å². The number of carbonyl (C=O) groups excluding carboxylic acids is 1. The molecular weight excluding hydrogens is 314 g/mol. The van der Waals surface area contributed by atoms with Gasteiger partial charge in [0.2, 0.25) is 0 Å². The molecule has 2 rings (SSSR count). The molecule has 0 aromatic heterocycles. The van der Waals surface area contributed by atoms with Crippen LogP contribution >= 0.6 is 0 Å². The molecule has 0 fully saturated rings. The van der Waals surface area contributed by atoms with Crippen molar-refractivity contribution in [1.29, 1.82) is 0 Å². The van der Waals surface area contributed by atoms with E-state index in [1.54, 1.807) is 7.11 Å². The number of benzene rings is 2. The Hall–Kier alpha value is -2.82. The molecule has 0 heterocycles. The van der Waals surface area contributed by atoms with E-state index in [9.17, 15) is 4.79 Å². The van der Waals surface area contributed by atoms with Gasteiger partial charge in [0.25, 0.3) is 5.91 Å². The van der Waals surface area contributed by atoms with E-state index in [2.05, 4.69) is 15.8 Å². The molecule has 1 atom stereocenters. The van der Waals surface area contributed by atoms with Crippen LogP contribution in [0.3, 0.4) is 0 Å². The highest BCUT2D eigenvalue weighted by Crippen LogP contribution is 2.16. The molecular formula is C20H25N3O2. The van der Waals surface area contributed by atoms with Crippen LogP contribution in [0.25, 0.3) is 0 Å². The number of hydrogen-bond donors (Lipinski definition) is 2. The Morgan fingerprint density at radius 3 is 2.32 bits per heavy atom. The summed E-state index contributed by atoms with van der Waals surface area (Å²) in [4.78, 5) is 12.4. The predicted octanol–water partition coefficient (Wildman–Crippen LogP) is 3.73. The summed E-state index contributed by atoms with van der Waals surface area (Å²) in [6.45, 7) is 5.87. The molecule has 1 unspecified atom stereocenters. The van der Waals surface area contributed by atoms with E-state index in [-0.39, 0.29) is 11.9 Å². The third kappa shape index (κ3) is 5.35. The molecule has 2 N–H and O–H groups in total. The van der Waals surface area contributed by atoms with Gasteiger partial charge in [0, 0.05) is 5.69 Å². The number of carbonyl (C=O) groups is 1. The van der Waals surface area contributed by atoms with Crippen LogP contribution in [0.4, 0.5) is 5.69 Å². The van der Waals surface area contributed by atoms with Crippen LogP contribution in [-0.2, 0) is 4.79 Å². The maximum atomic E-state index is 12.4. The van der Waals surface area contributed by atoms with E-state index in [0.717, 1.165) is 22.7 Å². The van der Waals surface area contributed by atoms with Gasteiger partial charge in [-0.25, -0.2) is 5.43 Å². The zero-order valence-electron chi connectivity index (χ0n) is 15.2. The standard InChI is InChI=1S/C20H25N3O2/c1-5-19(21-17-10-12-18(25-4)13-11-17)20(24)23-22-15(3)16-8-6-14(2)7-9-16/h6-13,19,21H,5H2,1-4H3,(H,23,24)/b22-15+. The van der Waals surface area contributed by atoms with Gasteiger partial charge in [0.05, 0.1) is 12.8 Å². The highest BCUT2D eigenvalue weighted by atomic mass is 16.5. The SMILES string of the molecule is CCC(Nc1ccc(OC)cc1)C(=O)N/N=C(\C)c1ccc(C)cc1. The first-order valence-corrected chi connectivity index (χ1v) is 8.35. The van der Waals surface area contributed by atoms with E-state index in [4.69, 9.17) is 4.74 Å². The zero-order chi connectivity index (χ0) is 18.2. The van der Waals surface area contributed by atoms with E-state index >= 15 is 0 Å². The lowest BCUT2D eigenvalue weighted by molar-refractivity contribution is -0.121. The van der Waals surface area contributed by atoms with Crippen molar-refractivity contribution < 1.29 is 9.53 Å². The van der Waals surface area contributed by atoms with Crippen molar-refractivity contribution in [3.8, 4) is 5.75 Å². The fourth-order valence-corrected chi connectivity index (χ4v) is 2.32. The minimum absolute atomic E-state index is 0.162. The second-order valence-corrected chi connectivity index (χ2v) is 5.87. The minimum Gasteiger partial charge on any atom is -0.497 e. The Bertz CT molecular complexity index is 722. The van der Waals surface area contributed by atoms with E-state index < -0.39 is 0 Å². The molecule has 0 radical (unpaired) electrons. The first-order valence-electron chi connectivity index (χ1n) is 8.35. The molecule has 0 aliphatic carbocycles. The zero-order valence-corrected chi connectivity index (χ0v) is 15.2. The van der Waals surface area contributed by atoms with Crippen LogP contribution in [0.15, 0.2) is 53.6 Å². The lowest BCUT2D eigenvalue weighted by Crippen LogP contribution is -2.37. The molecule has 2 aromatic rings. The van der Waals surface area contributed by atoms with Crippen LogP contribution in [0.1, 0.15) is 31.4 Å². The van der Waals surface area contributed by atoms with Gasteiger partial charge in [0.1, 0.15) is 11.8 Å². The fraction of sp³-hybridized carbons (Fsp3) is 0.300. The van der Waals surface area contributed by atoms with Gasteiger partial charge < -0.3 is 10.1 Å². The van der Waals surface area contributed by atoms with Crippen molar-refractivity contribution in [1.82, 2.24) is 5.43 Å². The summed E-state index contributed by atoms with van der Waals surface area (Å²) in [7, 11) is 1.62. The molecule has 25 heavy (non-hydrogen) atoms. The third-order valence-electron chi connectivity index (χ3n) is 3.96. The van der Waals surface area contributed by atoms with Gasteiger partial charge in [-0.05, 0) is 50.1 Å². The maximum Gasteiger partial charge on any atom is 0.262 e. The smallest absolute Gasteiger partial charge is 0.262 e. The van der Waals surface area contributed by atoms with Gasteiger partial charge in [-0.1, -0.05) is 36.8 Å². The number of anilines is 1. The molecule has 0 aliphatic heterocycles.